The van der Waals surface area contributed by atoms with Crippen molar-refractivity contribution >= 4 is 0 Å². The molecular formula is C20H33N3O2. The van der Waals surface area contributed by atoms with E-state index in [9.17, 15) is 0 Å². The third kappa shape index (κ3) is 3.64. The summed E-state index contributed by atoms with van der Waals surface area (Å²) in [5.74, 6) is 0.847. The minimum Gasteiger partial charge on any atom is -0.378 e. The molecule has 2 heterocycles. The molecule has 3 aliphatic rings. The number of hydrogen-bond donors (Lipinski definition) is 0. The van der Waals surface area contributed by atoms with E-state index in [1.165, 1.54) is 18.5 Å². The van der Waals surface area contributed by atoms with Gasteiger partial charge in [0.05, 0.1) is 23.9 Å². The molecule has 5 nitrogen and oxygen atoms in total. The molecule has 2 saturated carbocycles. The van der Waals surface area contributed by atoms with Crippen molar-refractivity contribution in [1.82, 2.24) is 14.7 Å². The summed E-state index contributed by atoms with van der Waals surface area (Å²) in [7, 11) is 1.91. The number of likely N-dealkylation sites (tertiary alicyclic amines) is 1. The Labute approximate surface area is 151 Å². The summed E-state index contributed by atoms with van der Waals surface area (Å²) < 4.78 is 14.5. The average Bonchev–Trinajstić information content (AvgIpc) is 3.29. The van der Waals surface area contributed by atoms with Crippen LogP contribution in [0.1, 0.15) is 49.9 Å². The Bertz CT molecular complexity index is 598. The van der Waals surface area contributed by atoms with Crippen LogP contribution >= 0.6 is 0 Å². The van der Waals surface area contributed by atoms with Crippen LogP contribution in [-0.4, -0.2) is 59.2 Å². The van der Waals surface area contributed by atoms with Crippen LogP contribution in [0.25, 0.3) is 0 Å². The van der Waals surface area contributed by atoms with E-state index in [2.05, 4.69) is 34.6 Å². The average molecular weight is 348 g/mol. The molecule has 0 radical (unpaired) electrons. The SMILES string of the molecule is CO[C@@]12CC[C@@H](OCC3CC3)C[C@@H]1N(CCn1nc(C)cc1C)CC2. The fourth-order valence-electron chi connectivity index (χ4n) is 4.86. The Morgan fingerprint density at radius 2 is 2.04 bits per heavy atom. The van der Waals surface area contributed by atoms with Gasteiger partial charge in [-0.1, -0.05) is 0 Å². The van der Waals surface area contributed by atoms with Crippen molar-refractivity contribution in [3.8, 4) is 0 Å². The summed E-state index contributed by atoms with van der Waals surface area (Å²) in [6.07, 6.45) is 7.73. The second-order valence-corrected chi connectivity index (χ2v) is 8.39. The van der Waals surface area contributed by atoms with Crippen LogP contribution < -0.4 is 0 Å². The molecule has 3 fully saturated rings. The smallest absolute Gasteiger partial charge is 0.0847 e. The van der Waals surface area contributed by atoms with E-state index < -0.39 is 0 Å². The maximum Gasteiger partial charge on any atom is 0.0847 e. The summed E-state index contributed by atoms with van der Waals surface area (Å²) >= 11 is 0. The van der Waals surface area contributed by atoms with E-state index in [1.807, 2.05) is 7.11 Å². The Morgan fingerprint density at radius 1 is 1.20 bits per heavy atom. The molecule has 1 aromatic heterocycles. The lowest BCUT2D eigenvalue weighted by molar-refractivity contribution is -0.102. The summed E-state index contributed by atoms with van der Waals surface area (Å²) in [4.78, 5) is 2.63. The highest BCUT2D eigenvalue weighted by Crippen LogP contribution is 2.43. The first-order valence-corrected chi connectivity index (χ1v) is 10.0. The fourth-order valence-corrected chi connectivity index (χ4v) is 4.86. The van der Waals surface area contributed by atoms with Crippen LogP contribution in [0, 0.1) is 19.8 Å². The second kappa shape index (κ2) is 7.01. The van der Waals surface area contributed by atoms with Gasteiger partial charge in [-0.25, -0.2) is 0 Å². The van der Waals surface area contributed by atoms with Gasteiger partial charge in [0.25, 0.3) is 0 Å². The maximum atomic E-state index is 6.24. The number of rotatable bonds is 7. The summed E-state index contributed by atoms with van der Waals surface area (Å²) in [6.45, 7) is 8.33. The lowest BCUT2D eigenvalue weighted by Gasteiger charge is -2.43. The standard InChI is InChI=1S/C20H33N3O2/c1-15-12-16(2)23(21-15)11-10-22-9-8-20(24-3)7-6-18(13-19(20)22)25-14-17-4-5-17/h12,17-19H,4-11,13-14H2,1-3H3/t18-,19+,20-/m1/s1. The molecule has 1 saturated heterocycles. The predicted octanol–water partition coefficient (Wildman–Crippen LogP) is 2.94. The molecule has 1 aromatic rings. The first-order chi connectivity index (χ1) is 12.1. The Hall–Kier alpha value is -0.910. The third-order valence-corrected chi connectivity index (χ3v) is 6.62. The first-order valence-electron chi connectivity index (χ1n) is 10.0. The Kier molecular flexibility index (Phi) is 4.91. The molecule has 4 rings (SSSR count). The van der Waals surface area contributed by atoms with Gasteiger partial charge in [-0.2, -0.15) is 5.10 Å². The summed E-state index contributed by atoms with van der Waals surface area (Å²) in [5.41, 5.74) is 2.41. The van der Waals surface area contributed by atoms with Gasteiger partial charge >= 0.3 is 0 Å². The number of methoxy groups -OCH3 is 1. The highest BCUT2D eigenvalue weighted by molar-refractivity contribution is 5.08. The summed E-state index contributed by atoms with van der Waals surface area (Å²) in [5, 5.41) is 4.62. The van der Waals surface area contributed by atoms with Crippen LogP contribution in [0.5, 0.6) is 0 Å². The lowest BCUT2D eigenvalue weighted by atomic mass is 9.79. The number of nitrogens with zero attached hydrogens (tertiary/aromatic N) is 3. The van der Waals surface area contributed by atoms with Crippen molar-refractivity contribution in [3.63, 3.8) is 0 Å². The van der Waals surface area contributed by atoms with E-state index in [4.69, 9.17) is 9.47 Å². The molecule has 0 spiro atoms. The van der Waals surface area contributed by atoms with Crippen molar-refractivity contribution in [2.24, 2.45) is 5.92 Å². The topological polar surface area (TPSA) is 39.5 Å². The molecule has 3 atom stereocenters. The third-order valence-electron chi connectivity index (χ3n) is 6.62. The van der Waals surface area contributed by atoms with E-state index in [0.717, 1.165) is 63.5 Å². The quantitative estimate of drug-likeness (QED) is 0.760. The van der Waals surface area contributed by atoms with Crippen LogP contribution in [0.3, 0.4) is 0 Å². The molecule has 0 aromatic carbocycles. The van der Waals surface area contributed by atoms with Gasteiger partial charge in [0.15, 0.2) is 0 Å². The minimum atomic E-state index is 0.0501. The van der Waals surface area contributed by atoms with Gasteiger partial charge in [0.2, 0.25) is 0 Å². The monoisotopic (exact) mass is 347 g/mol. The number of ether oxygens (including phenoxy) is 2. The van der Waals surface area contributed by atoms with E-state index >= 15 is 0 Å². The molecule has 140 valence electrons. The molecule has 5 heteroatoms. The predicted molar refractivity (Wildman–Crippen MR) is 97.7 cm³/mol. The van der Waals surface area contributed by atoms with Gasteiger partial charge in [0, 0.05) is 38.5 Å². The first kappa shape index (κ1) is 17.5. The number of fused-ring (bicyclic) bond motifs is 1. The largest absolute Gasteiger partial charge is 0.378 e. The normalized spacial score (nSPS) is 32.9. The highest BCUT2D eigenvalue weighted by atomic mass is 16.5. The van der Waals surface area contributed by atoms with E-state index in [1.54, 1.807) is 0 Å². The molecule has 0 N–H and O–H groups in total. The number of aromatic nitrogens is 2. The molecule has 0 unspecified atom stereocenters. The van der Waals surface area contributed by atoms with Crippen molar-refractivity contribution < 1.29 is 9.47 Å². The van der Waals surface area contributed by atoms with Crippen molar-refractivity contribution in [1.29, 1.82) is 0 Å². The fraction of sp³-hybridized carbons (Fsp3) is 0.850. The van der Waals surface area contributed by atoms with Gasteiger partial charge in [0.1, 0.15) is 0 Å². The molecule has 25 heavy (non-hydrogen) atoms. The van der Waals surface area contributed by atoms with Crippen LogP contribution in [0.4, 0.5) is 0 Å². The highest BCUT2D eigenvalue weighted by Gasteiger charge is 2.51. The van der Waals surface area contributed by atoms with Crippen molar-refractivity contribution in [2.45, 2.75) is 76.7 Å². The Balaban J connectivity index is 1.38. The van der Waals surface area contributed by atoms with Gasteiger partial charge < -0.3 is 9.47 Å². The minimum absolute atomic E-state index is 0.0501. The van der Waals surface area contributed by atoms with Crippen LogP contribution in [0.2, 0.25) is 0 Å². The summed E-state index contributed by atoms with van der Waals surface area (Å²) in [6, 6.07) is 2.65. The van der Waals surface area contributed by atoms with Gasteiger partial charge in [-0.05, 0) is 64.4 Å². The molecule has 0 bridgehead atoms. The second-order valence-electron chi connectivity index (χ2n) is 8.39. The van der Waals surface area contributed by atoms with Crippen molar-refractivity contribution in [3.05, 3.63) is 17.5 Å². The zero-order chi connectivity index (χ0) is 17.4. The van der Waals surface area contributed by atoms with Crippen LogP contribution in [0.15, 0.2) is 6.07 Å². The molecule has 1 aliphatic heterocycles. The zero-order valence-corrected chi connectivity index (χ0v) is 16.0. The lowest BCUT2D eigenvalue weighted by Crippen LogP contribution is -2.52. The van der Waals surface area contributed by atoms with E-state index in [-0.39, 0.29) is 5.60 Å². The zero-order valence-electron chi connectivity index (χ0n) is 16.0. The number of hydrogen-bond acceptors (Lipinski definition) is 4. The Morgan fingerprint density at radius 3 is 2.72 bits per heavy atom. The maximum absolute atomic E-state index is 6.24. The van der Waals surface area contributed by atoms with Crippen LogP contribution in [-0.2, 0) is 16.0 Å². The molecule has 0 amide bonds. The number of aryl methyl sites for hydroxylation is 2. The van der Waals surface area contributed by atoms with Gasteiger partial charge in [-0.3, -0.25) is 9.58 Å². The van der Waals surface area contributed by atoms with E-state index in [0.29, 0.717) is 12.1 Å². The van der Waals surface area contributed by atoms with Crippen molar-refractivity contribution in [2.75, 3.05) is 26.8 Å². The molecule has 2 aliphatic carbocycles. The molecular weight excluding hydrogens is 314 g/mol. The van der Waals surface area contributed by atoms with Gasteiger partial charge in [-0.15, -0.1) is 0 Å².